The molecule has 0 aromatic carbocycles. The first-order valence-electron chi connectivity index (χ1n) is 5.79. The first-order valence-corrected chi connectivity index (χ1v) is 5.79. The van der Waals surface area contributed by atoms with Gasteiger partial charge in [0, 0.05) is 12.2 Å². The van der Waals surface area contributed by atoms with E-state index in [0.717, 1.165) is 25.0 Å². The summed E-state index contributed by atoms with van der Waals surface area (Å²) in [6.07, 6.45) is -1.94. The Balaban J connectivity index is 3.01. The molecule has 2 nitrogen and oxygen atoms in total. The van der Waals surface area contributed by atoms with Gasteiger partial charge in [-0.3, -0.25) is 0 Å². The normalized spacial score (nSPS) is 11.6. The minimum Gasteiger partial charge on any atom is -0.370 e. The Morgan fingerprint density at radius 2 is 1.94 bits per heavy atom. The van der Waals surface area contributed by atoms with Crippen molar-refractivity contribution in [3.63, 3.8) is 0 Å². The highest BCUT2D eigenvalue weighted by atomic mass is 19.4. The summed E-state index contributed by atoms with van der Waals surface area (Å²) in [5.41, 5.74) is -0.132. The number of hydrogen-bond acceptors (Lipinski definition) is 2. The van der Waals surface area contributed by atoms with Crippen molar-refractivity contribution in [1.82, 2.24) is 4.98 Å². The molecular formula is C12H17F3N2. The largest absolute Gasteiger partial charge is 0.416 e. The minimum atomic E-state index is -4.31. The fourth-order valence-corrected chi connectivity index (χ4v) is 1.51. The zero-order valence-electron chi connectivity index (χ0n) is 10.1. The molecule has 96 valence electrons. The highest BCUT2D eigenvalue weighted by Gasteiger charge is 2.31. The van der Waals surface area contributed by atoms with Crippen LogP contribution in [0.4, 0.5) is 19.0 Å². The summed E-state index contributed by atoms with van der Waals surface area (Å²) in [6.45, 7) is 4.38. The van der Waals surface area contributed by atoms with Gasteiger partial charge >= 0.3 is 6.18 Å². The number of nitrogens with zero attached hydrogens (tertiary/aromatic N) is 1. The maximum atomic E-state index is 12.7. The highest BCUT2D eigenvalue weighted by molar-refractivity contribution is 5.40. The van der Waals surface area contributed by atoms with Crippen LogP contribution in [0.5, 0.6) is 0 Å². The lowest BCUT2D eigenvalue weighted by molar-refractivity contribution is -0.137. The third kappa shape index (κ3) is 4.24. The predicted molar refractivity (Wildman–Crippen MR) is 62.0 cm³/mol. The molecule has 1 heterocycles. The summed E-state index contributed by atoms with van der Waals surface area (Å²) in [6, 6.07) is 2.19. The lowest BCUT2D eigenvalue weighted by Crippen LogP contribution is -2.09. The van der Waals surface area contributed by atoms with E-state index in [2.05, 4.69) is 10.3 Å². The molecule has 0 amide bonds. The van der Waals surface area contributed by atoms with E-state index >= 15 is 0 Å². The van der Waals surface area contributed by atoms with Gasteiger partial charge in [-0.1, -0.05) is 13.3 Å². The molecule has 17 heavy (non-hydrogen) atoms. The maximum Gasteiger partial charge on any atom is 0.416 e. The second kappa shape index (κ2) is 5.89. The van der Waals surface area contributed by atoms with E-state index in [-0.39, 0.29) is 0 Å². The molecule has 0 unspecified atom stereocenters. The second-order valence-electron chi connectivity index (χ2n) is 3.86. The monoisotopic (exact) mass is 246 g/mol. The van der Waals surface area contributed by atoms with Crippen molar-refractivity contribution in [3.8, 4) is 0 Å². The topological polar surface area (TPSA) is 24.9 Å². The fraction of sp³-hybridized carbons (Fsp3) is 0.583. The van der Waals surface area contributed by atoms with Gasteiger partial charge in [0.15, 0.2) is 0 Å². The molecule has 0 atom stereocenters. The van der Waals surface area contributed by atoms with Crippen molar-refractivity contribution in [3.05, 3.63) is 23.4 Å². The van der Waals surface area contributed by atoms with E-state index in [1.54, 1.807) is 0 Å². The molecule has 1 aromatic heterocycles. The van der Waals surface area contributed by atoms with Gasteiger partial charge in [0.2, 0.25) is 0 Å². The Labute approximate surface area is 99.3 Å². The molecular weight excluding hydrogens is 229 g/mol. The van der Waals surface area contributed by atoms with Crippen LogP contribution in [-0.2, 0) is 12.6 Å². The van der Waals surface area contributed by atoms with Crippen LogP contribution >= 0.6 is 0 Å². The Hall–Kier alpha value is -1.26. The number of unbranched alkanes of at least 4 members (excludes halogenated alkanes) is 1. The van der Waals surface area contributed by atoms with Crippen LogP contribution in [-0.4, -0.2) is 11.5 Å². The number of aromatic nitrogens is 1. The number of nitrogens with one attached hydrogen (secondary N) is 1. The third-order valence-corrected chi connectivity index (χ3v) is 2.35. The van der Waals surface area contributed by atoms with Gasteiger partial charge in [-0.15, -0.1) is 0 Å². The van der Waals surface area contributed by atoms with Crippen LogP contribution in [0.1, 0.15) is 37.9 Å². The first kappa shape index (κ1) is 13.8. The Kier molecular flexibility index (Phi) is 4.78. The van der Waals surface area contributed by atoms with E-state index in [0.29, 0.717) is 24.5 Å². The molecule has 5 heteroatoms. The lowest BCUT2D eigenvalue weighted by Gasteiger charge is -2.11. The molecule has 0 aliphatic carbocycles. The van der Waals surface area contributed by atoms with E-state index in [9.17, 15) is 13.2 Å². The molecule has 0 saturated heterocycles. The molecule has 0 spiro atoms. The van der Waals surface area contributed by atoms with Gasteiger partial charge in [-0.2, -0.15) is 13.2 Å². The van der Waals surface area contributed by atoms with E-state index in [1.165, 1.54) is 0 Å². The fourth-order valence-electron chi connectivity index (χ4n) is 1.51. The molecule has 1 rings (SSSR count). The van der Waals surface area contributed by atoms with Gasteiger partial charge in [0.25, 0.3) is 0 Å². The van der Waals surface area contributed by atoms with Crippen LogP contribution < -0.4 is 5.32 Å². The maximum absolute atomic E-state index is 12.7. The van der Waals surface area contributed by atoms with Crippen molar-refractivity contribution in [1.29, 1.82) is 0 Å². The number of aryl methyl sites for hydroxylation is 1. The molecule has 0 bridgehead atoms. The van der Waals surface area contributed by atoms with Crippen LogP contribution in [0.15, 0.2) is 12.1 Å². The Morgan fingerprint density at radius 3 is 2.47 bits per heavy atom. The average molecular weight is 246 g/mol. The van der Waals surface area contributed by atoms with Crippen molar-refractivity contribution >= 4 is 5.82 Å². The zero-order valence-corrected chi connectivity index (χ0v) is 10.1. The minimum absolute atomic E-state index is 0.299. The van der Waals surface area contributed by atoms with Crippen molar-refractivity contribution in [2.24, 2.45) is 0 Å². The van der Waals surface area contributed by atoms with Crippen LogP contribution in [0, 0.1) is 0 Å². The highest BCUT2D eigenvalue weighted by Crippen LogP contribution is 2.31. The molecule has 0 aliphatic rings. The average Bonchev–Trinajstić information content (AvgIpc) is 2.25. The number of pyridine rings is 1. The van der Waals surface area contributed by atoms with Crippen molar-refractivity contribution < 1.29 is 13.2 Å². The smallest absolute Gasteiger partial charge is 0.370 e. The number of alkyl halides is 3. The molecule has 0 aliphatic heterocycles. The Bertz CT molecular complexity index is 361. The van der Waals surface area contributed by atoms with Gasteiger partial charge in [0.05, 0.1) is 5.56 Å². The van der Waals surface area contributed by atoms with Gasteiger partial charge < -0.3 is 5.32 Å². The lowest BCUT2D eigenvalue weighted by atomic mass is 10.1. The summed E-state index contributed by atoms with van der Waals surface area (Å²) in [7, 11) is 0. The molecule has 0 radical (unpaired) electrons. The molecule has 1 aromatic rings. The summed E-state index contributed by atoms with van der Waals surface area (Å²) in [4.78, 5) is 4.16. The Morgan fingerprint density at radius 1 is 1.24 bits per heavy atom. The predicted octanol–water partition coefficient (Wildman–Crippen LogP) is 3.87. The van der Waals surface area contributed by atoms with Crippen LogP contribution in [0.2, 0.25) is 0 Å². The summed E-state index contributed by atoms with van der Waals surface area (Å²) < 4.78 is 38.0. The van der Waals surface area contributed by atoms with E-state index < -0.39 is 11.7 Å². The van der Waals surface area contributed by atoms with Crippen molar-refractivity contribution in [2.45, 2.75) is 39.3 Å². The SMILES string of the molecule is CCCCc1cc(C(F)(F)F)cc(NCC)n1. The molecule has 0 saturated carbocycles. The van der Waals surface area contributed by atoms with E-state index in [1.807, 2.05) is 13.8 Å². The quantitative estimate of drug-likeness (QED) is 0.853. The van der Waals surface area contributed by atoms with E-state index in [4.69, 9.17) is 0 Å². The molecule has 0 fully saturated rings. The second-order valence-corrected chi connectivity index (χ2v) is 3.86. The summed E-state index contributed by atoms with van der Waals surface area (Å²) in [5, 5.41) is 2.83. The number of halogens is 3. The number of anilines is 1. The first-order chi connectivity index (χ1) is 7.97. The molecule has 1 N–H and O–H groups in total. The summed E-state index contributed by atoms with van der Waals surface area (Å²) >= 11 is 0. The van der Waals surface area contributed by atoms with Crippen LogP contribution in [0.25, 0.3) is 0 Å². The zero-order chi connectivity index (χ0) is 12.9. The van der Waals surface area contributed by atoms with Gasteiger partial charge in [0.1, 0.15) is 5.82 Å². The standard InChI is InChI=1S/C12H17F3N2/c1-3-5-6-10-7-9(12(13,14)15)8-11(17-10)16-4-2/h7-8H,3-6H2,1-2H3,(H,16,17). The third-order valence-electron chi connectivity index (χ3n) is 2.35. The summed E-state index contributed by atoms with van der Waals surface area (Å²) in [5.74, 6) is 0.299. The van der Waals surface area contributed by atoms with Crippen LogP contribution in [0.3, 0.4) is 0 Å². The van der Waals surface area contributed by atoms with Gasteiger partial charge in [-0.05, 0) is 31.9 Å². The van der Waals surface area contributed by atoms with Gasteiger partial charge in [-0.25, -0.2) is 4.98 Å². The van der Waals surface area contributed by atoms with Crippen molar-refractivity contribution in [2.75, 3.05) is 11.9 Å². The number of hydrogen-bond donors (Lipinski definition) is 1. The number of rotatable bonds is 5.